The first kappa shape index (κ1) is 20.1. The van der Waals surface area contributed by atoms with Gasteiger partial charge in [-0.1, -0.05) is 32.9 Å². The zero-order chi connectivity index (χ0) is 16.2. The molecule has 1 aromatic rings. The zero-order valence-electron chi connectivity index (χ0n) is 14.5. The number of nitrogens with two attached hydrogens (primary N) is 1. The third kappa shape index (κ3) is 5.91. The molecule has 1 saturated heterocycles. The Bertz CT molecular complexity index is 510. The number of guanidine groups is 1. The molecular formula is C15H29IN6O. The molecule has 7 nitrogen and oxygen atoms in total. The number of nitrogens with zero attached hydrogens (tertiary/aromatic N) is 4. The Morgan fingerprint density at radius 1 is 1.48 bits per heavy atom. The van der Waals surface area contributed by atoms with Crippen molar-refractivity contribution in [3.63, 3.8) is 0 Å². The predicted molar refractivity (Wildman–Crippen MR) is 102 cm³/mol. The van der Waals surface area contributed by atoms with Gasteiger partial charge >= 0.3 is 0 Å². The highest BCUT2D eigenvalue weighted by molar-refractivity contribution is 14.0. The van der Waals surface area contributed by atoms with E-state index in [0.29, 0.717) is 30.3 Å². The standard InChI is InChI=1S/C15H28N6O.HI/c1-5-21-8-6-7-11(21)9-17-14(16)18-10-12-19-13(22-20-12)15(2,3)4;/h11H,5-10H2,1-4H3,(H3,16,17,18);1H. The Balaban J connectivity index is 0.00000264. The molecule has 3 N–H and O–H groups in total. The molecule has 2 rings (SSSR count). The lowest BCUT2D eigenvalue weighted by molar-refractivity contribution is 0.267. The quantitative estimate of drug-likeness (QED) is 0.416. The summed E-state index contributed by atoms with van der Waals surface area (Å²) in [6.45, 7) is 11.7. The number of halogens is 1. The average Bonchev–Trinajstić information content (AvgIpc) is 3.10. The van der Waals surface area contributed by atoms with Crippen LogP contribution in [0.5, 0.6) is 0 Å². The van der Waals surface area contributed by atoms with Crippen molar-refractivity contribution in [2.24, 2.45) is 10.7 Å². The summed E-state index contributed by atoms with van der Waals surface area (Å²) in [6.07, 6.45) is 2.48. The first-order valence-corrected chi connectivity index (χ1v) is 8.01. The van der Waals surface area contributed by atoms with Crippen LogP contribution in [-0.4, -0.2) is 46.7 Å². The lowest BCUT2D eigenvalue weighted by Crippen LogP contribution is -2.42. The molecule has 1 atom stereocenters. The van der Waals surface area contributed by atoms with Crippen molar-refractivity contribution in [2.45, 2.75) is 58.5 Å². The lowest BCUT2D eigenvalue weighted by atomic mass is 9.97. The van der Waals surface area contributed by atoms with Gasteiger partial charge < -0.3 is 15.6 Å². The van der Waals surface area contributed by atoms with E-state index in [-0.39, 0.29) is 29.4 Å². The van der Waals surface area contributed by atoms with Gasteiger partial charge in [-0.05, 0) is 25.9 Å². The van der Waals surface area contributed by atoms with E-state index in [1.54, 1.807) is 0 Å². The van der Waals surface area contributed by atoms with Crippen LogP contribution >= 0.6 is 24.0 Å². The number of hydrogen-bond acceptors (Lipinski definition) is 5. The maximum absolute atomic E-state index is 5.91. The minimum atomic E-state index is -0.148. The molecule has 0 amide bonds. The number of hydrogen-bond donors (Lipinski definition) is 2. The number of aliphatic imine (C=N–C) groups is 1. The van der Waals surface area contributed by atoms with Gasteiger partial charge in [0.05, 0.1) is 0 Å². The molecule has 1 fully saturated rings. The topological polar surface area (TPSA) is 92.6 Å². The van der Waals surface area contributed by atoms with Crippen LogP contribution in [0.2, 0.25) is 0 Å². The van der Waals surface area contributed by atoms with Crippen molar-refractivity contribution in [1.82, 2.24) is 20.4 Å². The van der Waals surface area contributed by atoms with Gasteiger partial charge in [0.15, 0.2) is 11.8 Å². The van der Waals surface area contributed by atoms with Gasteiger partial charge in [-0.25, -0.2) is 4.99 Å². The van der Waals surface area contributed by atoms with Crippen molar-refractivity contribution in [3.8, 4) is 0 Å². The molecular weight excluding hydrogens is 407 g/mol. The minimum absolute atomic E-state index is 0. The second kappa shape index (κ2) is 8.81. The molecule has 8 heteroatoms. The van der Waals surface area contributed by atoms with Crippen LogP contribution in [0.3, 0.4) is 0 Å². The predicted octanol–water partition coefficient (Wildman–Crippen LogP) is 1.87. The fraction of sp³-hybridized carbons (Fsp3) is 0.800. The van der Waals surface area contributed by atoms with E-state index in [1.807, 2.05) is 20.8 Å². The number of aromatic nitrogens is 2. The van der Waals surface area contributed by atoms with Gasteiger partial charge in [0.25, 0.3) is 0 Å². The van der Waals surface area contributed by atoms with Crippen molar-refractivity contribution < 1.29 is 4.52 Å². The molecule has 132 valence electrons. The smallest absolute Gasteiger partial charge is 0.232 e. The summed E-state index contributed by atoms with van der Waals surface area (Å²) in [5.74, 6) is 1.62. The second-order valence-electron chi connectivity index (χ2n) is 6.77. The summed E-state index contributed by atoms with van der Waals surface area (Å²) in [6, 6.07) is 0.552. The molecule has 0 radical (unpaired) electrons. The minimum Gasteiger partial charge on any atom is -0.370 e. The highest BCUT2D eigenvalue weighted by atomic mass is 127. The molecule has 0 aliphatic carbocycles. The Kier molecular flexibility index (Phi) is 7.72. The van der Waals surface area contributed by atoms with Crippen LogP contribution in [0.15, 0.2) is 9.52 Å². The molecule has 2 heterocycles. The highest BCUT2D eigenvalue weighted by Gasteiger charge is 2.23. The molecule has 1 aromatic heterocycles. The normalized spacial score (nSPS) is 19.7. The monoisotopic (exact) mass is 436 g/mol. The van der Waals surface area contributed by atoms with E-state index in [2.05, 4.69) is 32.3 Å². The van der Waals surface area contributed by atoms with E-state index >= 15 is 0 Å². The van der Waals surface area contributed by atoms with Crippen LogP contribution in [0, 0.1) is 0 Å². The van der Waals surface area contributed by atoms with Crippen LogP contribution < -0.4 is 11.1 Å². The fourth-order valence-corrected chi connectivity index (χ4v) is 2.60. The van der Waals surface area contributed by atoms with Crippen molar-refractivity contribution >= 4 is 29.9 Å². The average molecular weight is 436 g/mol. The first-order chi connectivity index (χ1) is 10.4. The Morgan fingerprint density at radius 3 is 2.83 bits per heavy atom. The van der Waals surface area contributed by atoms with E-state index in [4.69, 9.17) is 10.3 Å². The van der Waals surface area contributed by atoms with Gasteiger partial charge in [0.1, 0.15) is 6.54 Å². The molecule has 0 spiro atoms. The van der Waals surface area contributed by atoms with E-state index in [0.717, 1.165) is 13.1 Å². The molecule has 1 aliphatic heterocycles. The molecule has 0 bridgehead atoms. The number of rotatable bonds is 5. The highest BCUT2D eigenvalue weighted by Crippen LogP contribution is 2.19. The van der Waals surface area contributed by atoms with E-state index in [9.17, 15) is 0 Å². The lowest BCUT2D eigenvalue weighted by Gasteiger charge is -2.23. The first-order valence-electron chi connectivity index (χ1n) is 8.01. The van der Waals surface area contributed by atoms with Crippen molar-refractivity contribution in [1.29, 1.82) is 0 Å². The molecule has 0 aromatic carbocycles. The molecule has 1 unspecified atom stereocenters. The van der Waals surface area contributed by atoms with Crippen molar-refractivity contribution in [3.05, 3.63) is 11.7 Å². The summed E-state index contributed by atoms with van der Waals surface area (Å²) in [4.78, 5) is 11.1. The third-order valence-corrected chi connectivity index (χ3v) is 3.92. The maximum Gasteiger partial charge on any atom is 0.232 e. The Morgan fingerprint density at radius 2 is 2.22 bits per heavy atom. The number of nitrogens with one attached hydrogen (secondary N) is 1. The third-order valence-electron chi connectivity index (χ3n) is 3.92. The number of likely N-dealkylation sites (tertiary alicyclic amines) is 1. The number of likely N-dealkylation sites (N-methyl/N-ethyl adjacent to an activating group) is 1. The van der Waals surface area contributed by atoms with Gasteiger partial charge in [-0.15, -0.1) is 24.0 Å². The fourth-order valence-electron chi connectivity index (χ4n) is 2.60. The zero-order valence-corrected chi connectivity index (χ0v) is 16.8. The van der Waals surface area contributed by atoms with Crippen LogP contribution in [0.25, 0.3) is 0 Å². The Hall–Kier alpha value is -0.900. The van der Waals surface area contributed by atoms with Gasteiger partial charge in [0, 0.05) is 18.0 Å². The summed E-state index contributed by atoms with van der Waals surface area (Å²) >= 11 is 0. The van der Waals surface area contributed by atoms with Gasteiger partial charge in [0.2, 0.25) is 5.89 Å². The van der Waals surface area contributed by atoms with E-state index in [1.165, 1.54) is 19.4 Å². The van der Waals surface area contributed by atoms with Crippen molar-refractivity contribution in [2.75, 3.05) is 19.6 Å². The SMILES string of the molecule is CCN1CCCC1CNC(N)=NCc1noc(C(C)(C)C)n1.I. The Labute approximate surface area is 155 Å². The summed E-state index contributed by atoms with van der Waals surface area (Å²) in [5.41, 5.74) is 5.77. The van der Waals surface area contributed by atoms with Crippen LogP contribution in [0.4, 0.5) is 0 Å². The summed E-state index contributed by atoms with van der Waals surface area (Å²) in [5, 5.41) is 7.13. The largest absolute Gasteiger partial charge is 0.370 e. The summed E-state index contributed by atoms with van der Waals surface area (Å²) < 4.78 is 5.23. The van der Waals surface area contributed by atoms with Gasteiger partial charge in [-0.2, -0.15) is 4.98 Å². The van der Waals surface area contributed by atoms with E-state index < -0.39 is 0 Å². The second-order valence-corrected chi connectivity index (χ2v) is 6.77. The van der Waals surface area contributed by atoms with Gasteiger partial charge in [-0.3, -0.25) is 4.90 Å². The van der Waals surface area contributed by atoms with Crippen LogP contribution in [-0.2, 0) is 12.0 Å². The maximum atomic E-state index is 5.91. The molecule has 0 saturated carbocycles. The summed E-state index contributed by atoms with van der Waals surface area (Å²) in [7, 11) is 0. The molecule has 23 heavy (non-hydrogen) atoms. The molecule has 1 aliphatic rings. The van der Waals surface area contributed by atoms with Crippen LogP contribution in [0.1, 0.15) is 52.3 Å².